The number of nitriles is 1. The molecule has 1 saturated heterocycles. The summed E-state index contributed by atoms with van der Waals surface area (Å²) in [6.07, 6.45) is 5.97. The van der Waals surface area contributed by atoms with E-state index in [1.54, 1.807) is 0 Å². The van der Waals surface area contributed by atoms with Gasteiger partial charge in [-0.2, -0.15) is 10.4 Å². The van der Waals surface area contributed by atoms with Crippen molar-refractivity contribution in [3.63, 3.8) is 0 Å². The second-order valence-electron chi connectivity index (χ2n) is 10.6. The van der Waals surface area contributed by atoms with Crippen molar-refractivity contribution in [2.45, 2.75) is 43.7 Å². The van der Waals surface area contributed by atoms with E-state index >= 15 is 0 Å². The second kappa shape index (κ2) is 10.5. The number of fused-ring (bicyclic) bond motifs is 1. The molecule has 8 heteroatoms. The number of nitrogens with zero attached hydrogens (tertiary/aromatic N) is 7. The van der Waals surface area contributed by atoms with Crippen LogP contribution in [-0.2, 0) is 0 Å². The third-order valence-electron chi connectivity index (χ3n) is 8.37. The van der Waals surface area contributed by atoms with Gasteiger partial charge in [0.2, 0.25) is 0 Å². The number of likely N-dealkylation sites (N-methyl/N-ethyl adjacent to an activating group) is 1. The number of rotatable bonds is 5. The fourth-order valence-electron chi connectivity index (χ4n) is 6.23. The van der Waals surface area contributed by atoms with E-state index in [-0.39, 0.29) is 6.04 Å². The molecule has 38 heavy (non-hydrogen) atoms. The van der Waals surface area contributed by atoms with Gasteiger partial charge in [0.1, 0.15) is 17.8 Å². The summed E-state index contributed by atoms with van der Waals surface area (Å²) in [6.45, 7) is 4.61. The Kier molecular flexibility index (Phi) is 6.79. The molecule has 4 aromatic rings. The lowest BCUT2D eigenvalue weighted by Crippen LogP contribution is -2.49. The number of hydrogen-bond donors (Lipinski definition) is 1. The normalized spacial score (nSPS) is 21.8. The van der Waals surface area contributed by atoms with Crippen LogP contribution in [0.25, 0.3) is 22.3 Å². The molecule has 2 aromatic carbocycles. The summed E-state index contributed by atoms with van der Waals surface area (Å²) in [5.41, 5.74) is 10.8. The fourth-order valence-corrected chi connectivity index (χ4v) is 6.23. The van der Waals surface area contributed by atoms with Gasteiger partial charge >= 0.3 is 0 Å². The molecule has 1 unspecified atom stereocenters. The minimum atomic E-state index is -0.419. The highest BCUT2D eigenvalue weighted by atomic mass is 15.3. The molecule has 2 fully saturated rings. The van der Waals surface area contributed by atoms with Crippen molar-refractivity contribution in [2.75, 3.05) is 39.0 Å². The number of aromatic nitrogens is 4. The molecule has 1 saturated carbocycles. The molecule has 2 N–H and O–H groups in total. The molecule has 0 bridgehead atoms. The SMILES string of the molecule is CN1CCN([C@H]2CC[C@@H](n3nc(-c4ccccc4C(C#N)c4ccccc4)c4c(N)ncnc43)CC2)CC1. The molecule has 1 aliphatic heterocycles. The molecular weight excluding hydrogens is 472 g/mol. The topological polar surface area (TPSA) is 99.9 Å². The van der Waals surface area contributed by atoms with Crippen LogP contribution in [0.5, 0.6) is 0 Å². The lowest BCUT2D eigenvalue weighted by Gasteiger charge is -2.41. The van der Waals surface area contributed by atoms with Gasteiger partial charge in [-0.3, -0.25) is 4.90 Å². The average molecular weight is 507 g/mol. The zero-order valence-corrected chi connectivity index (χ0v) is 21.9. The smallest absolute Gasteiger partial charge is 0.164 e. The monoisotopic (exact) mass is 506 g/mol. The van der Waals surface area contributed by atoms with E-state index in [1.807, 2.05) is 54.6 Å². The number of nitrogen functional groups attached to an aromatic ring is 1. The molecule has 194 valence electrons. The predicted octanol–water partition coefficient (Wildman–Crippen LogP) is 4.46. The van der Waals surface area contributed by atoms with Crippen molar-refractivity contribution in [3.05, 3.63) is 72.1 Å². The van der Waals surface area contributed by atoms with Gasteiger partial charge in [-0.25, -0.2) is 14.6 Å². The highest BCUT2D eigenvalue weighted by Gasteiger charge is 2.31. The summed E-state index contributed by atoms with van der Waals surface area (Å²) in [7, 11) is 2.21. The highest BCUT2D eigenvalue weighted by Crippen LogP contribution is 2.40. The quantitative estimate of drug-likeness (QED) is 0.426. The van der Waals surface area contributed by atoms with Gasteiger partial charge in [0.15, 0.2) is 5.65 Å². The highest BCUT2D eigenvalue weighted by molar-refractivity contribution is 5.99. The lowest BCUT2D eigenvalue weighted by atomic mass is 9.88. The van der Waals surface area contributed by atoms with E-state index in [0.29, 0.717) is 11.9 Å². The molecule has 1 atom stereocenters. The number of nitrogens with two attached hydrogens (primary N) is 1. The maximum Gasteiger partial charge on any atom is 0.164 e. The van der Waals surface area contributed by atoms with Gasteiger partial charge in [-0.1, -0.05) is 54.6 Å². The Morgan fingerprint density at radius 3 is 2.32 bits per heavy atom. The summed E-state index contributed by atoms with van der Waals surface area (Å²) in [5.74, 6) is 0.00266. The van der Waals surface area contributed by atoms with Crippen molar-refractivity contribution >= 4 is 16.9 Å². The average Bonchev–Trinajstić information content (AvgIpc) is 3.36. The van der Waals surface area contributed by atoms with Crippen LogP contribution in [0, 0.1) is 11.3 Å². The van der Waals surface area contributed by atoms with E-state index in [0.717, 1.165) is 85.3 Å². The van der Waals surface area contributed by atoms with Crippen LogP contribution >= 0.6 is 0 Å². The minimum absolute atomic E-state index is 0.261. The zero-order valence-electron chi connectivity index (χ0n) is 21.9. The maximum absolute atomic E-state index is 10.2. The molecule has 3 heterocycles. The Hall–Kier alpha value is -3.80. The first-order chi connectivity index (χ1) is 18.6. The van der Waals surface area contributed by atoms with Gasteiger partial charge in [-0.05, 0) is 43.9 Å². The molecule has 0 radical (unpaired) electrons. The molecule has 2 aliphatic rings. The first-order valence-corrected chi connectivity index (χ1v) is 13.6. The molecule has 6 rings (SSSR count). The largest absolute Gasteiger partial charge is 0.383 e. The summed E-state index contributed by atoms with van der Waals surface area (Å²) in [6, 6.07) is 21.3. The summed E-state index contributed by atoms with van der Waals surface area (Å²) in [4.78, 5) is 14.1. The van der Waals surface area contributed by atoms with Crippen molar-refractivity contribution in [1.29, 1.82) is 5.26 Å². The lowest BCUT2D eigenvalue weighted by molar-refractivity contribution is 0.0815. The third kappa shape index (κ3) is 4.53. The predicted molar refractivity (Wildman–Crippen MR) is 149 cm³/mol. The number of piperazine rings is 1. The van der Waals surface area contributed by atoms with Crippen molar-refractivity contribution < 1.29 is 0 Å². The zero-order chi connectivity index (χ0) is 26.1. The van der Waals surface area contributed by atoms with Crippen LogP contribution < -0.4 is 5.73 Å². The van der Waals surface area contributed by atoms with Crippen LogP contribution in [0.15, 0.2) is 60.9 Å². The summed E-state index contributed by atoms with van der Waals surface area (Å²) >= 11 is 0. The van der Waals surface area contributed by atoms with E-state index in [4.69, 9.17) is 10.8 Å². The first kappa shape index (κ1) is 24.5. The number of anilines is 1. The Bertz CT molecular complexity index is 1440. The summed E-state index contributed by atoms with van der Waals surface area (Å²) in [5, 5.41) is 16.1. The Balaban J connectivity index is 1.36. The fraction of sp³-hybridized carbons (Fsp3) is 0.400. The van der Waals surface area contributed by atoms with Gasteiger partial charge < -0.3 is 10.6 Å². The Morgan fingerprint density at radius 2 is 1.58 bits per heavy atom. The first-order valence-electron chi connectivity index (χ1n) is 13.6. The van der Waals surface area contributed by atoms with Gasteiger partial charge in [0.05, 0.1) is 23.4 Å². The Morgan fingerprint density at radius 1 is 0.895 bits per heavy atom. The van der Waals surface area contributed by atoms with Gasteiger partial charge in [0.25, 0.3) is 0 Å². The molecule has 0 amide bonds. The van der Waals surface area contributed by atoms with Crippen molar-refractivity contribution in [3.8, 4) is 17.3 Å². The Labute approximate surface area is 223 Å². The molecular formula is C30H34N8. The van der Waals surface area contributed by atoms with E-state index in [2.05, 4.69) is 37.6 Å². The van der Waals surface area contributed by atoms with Crippen LogP contribution in [0.4, 0.5) is 5.82 Å². The third-order valence-corrected chi connectivity index (χ3v) is 8.37. The standard InChI is InChI=1S/C30H34N8/c1-36-15-17-37(18-16-36)22-11-13-23(14-12-22)38-30-27(29(32)33-20-34-30)28(35-38)25-10-6-5-9-24(25)26(19-31)21-7-3-2-4-8-21/h2-10,20,22-23,26H,11-18H2,1H3,(H2,32,33,34)/t22-,23+,26?. The van der Waals surface area contributed by atoms with Crippen LogP contribution in [-0.4, -0.2) is 68.8 Å². The van der Waals surface area contributed by atoms with Crippen molar-refractivity contribution in [2.24, 2.45) is 0 Å². The second-order valence-corrected chi connectivity index (χ2v) is 10.6. The van der Waals surface area contributed by atoms with Gasteiger partial charge in [-0.15, -0.1) is 0 Å². The number of hydrogen-bond acceptors (Lipinski definition) is 7. The van der Waals surface area contributed by atoms with E-state index < -0.39 is 5.92 Å². The van der Waals surface area contributed by atoms with E-state index in [9.17, 15) is 5.26 Å². The van der Waals surface area contributed by atoms with Crippen molar-refractivity contribution in [1.82, 2.24) is 29.5 Å². The molecule has 8 nitrogen and oxygen atoms in total. The maximum atomic E-state index is 10.2. The van der Waals surface area contributed by atoms with Crippen LogP contribution in [0.2, 0.25) is 0 Å². The minimum Gasteiger partial charge on any atom is -0.383 e. The molecule has 1 aliphatic carbocycles. The number of benzene rings is 2. The van der Waals surface area contributed by atoms with Crippen LogP contribution in [0.1, 0.15) is 48.8 Å². The van der Waals surface area contributed by atoms with E-state index in [1.165, 1.54) is 6.33 Å². The van der Waals surface area contributed by atoms with Gasteiger partial charge in [0, 0.05) is 37.8 Å². The van der Waals surface area contributed by atoms with Crippen LogP contribution in [0.3, 0.4) is 0 Å². The summed E-state index contributed by atoms with van der Waals surface area (Å²) < 4.78 is 2.09. The molecule has 0 spiro atoms. The molecule has 2 aromatic heterocycles.